The molecule has 2 aromatic heterocycles. The Bertz CT molecular complexity index is 1270. The van der Waals surface area contributed by atoms with Gasteiger partial charge in [-0.15, -0.1) is 0 Å². The van der Waals surface area contributed by atoms with Crippen molar-refractivity contribution in [2.45, 2.75) is 18.9 Å². The highest BCUT2D eigenvalue weighted by Crippen LogP contribution is 2.36. The number of carbonyl (C=O) groups excluding carboxylic acids is 1. The molecule has 33 heavy (non-hydrogen) atoms. The van der Waals surface area contributed by atoms with Crippen LogP contribution >= 0.6 is 0 Å². The second-order valence-corrected chi connectivity index (χ2v) is 7.93. The Hall–Kier alpha value is -3.78. The standard InChI is InChI=1S/C25H22F2N4O2/c26-17-7-5-16(6-8-17)23-24(31(15-29-23)18-11-13-28-14-12-18)21-9-10-22(33-21)25(32)30-20-4-2-1-3-19(20)27/h1-10,15,18,28H,11-14H2,(H,30,32). The van der Waals surface area contributed by atoms with Crippen LogP contribution in [0.25, 0.3) is 22.7 Å². The summed E-state index contributed by atoms with van der Waals surface area (Å²) in [5.41, 5.74) is 2.18. The lowest BCUT2D eigenvalue weighted by Gasteiger charge is -2.25. The number of rotatable bonds is 5. The van der Waals surface area contributed by atoms with Crippen LogP contribution in [0.1, 0.15) is 29.4 Å². The van der Waals surface area contributed by atoms with E-state index < -0.39 is 11.7 Å². The number of nitrogens with one attached hydrogen (secondary N) is 2. The van der Waals surface area contributed by atoms with Crippen molar-refractivity contribution in [2.24, 2.45) is 0 Å². The third kappa shape index (κ3) is 4.29. The van der Waals surface area contributed by atoms with Crippen LogP contribution in [0.2, 0.25) is 0 Å². The van der Waals surface area contributed by atoms with Gasteiger partial charge in [0.1, 0.15) is 17.3 Å². The minimum Gasteiger partial charge on any atom is -0.449 e. The number of aromatic nitrogens is 2. The van der Waals surface area contributed by atoms with Gasteiger partial charge in [-0.3, -0.25) is 4.79 Å². The van der Waals surface area contributed by atoms with Crippen molar-refractivity contribution >= 4 is 11.6 Å². The van der Waals surface area contributed by atoms with Crippen LogP contribution < -0.4 is 10.6 Å². The number of imidazole rings is 1. The first-order valence-corrected chi connectivity index (χ1v) is 10.8. The van der Waals surface area contributed by atoms with E-state index >= 15 is 0 Å². The Morgan fingerprint density at radius 3 is 2.55 bits per heavy atom. The summed E-state index contributed by atoms with van der Waals surface area (Å²) < 4.78 is 35.4. The molecule has 2 aromatic carbocycles. The summed E-state index contributed by atoms with van der Waals surface area (Å²) in [5, 5.41) is 5.89. The summed E-state index contributed by atoms with van der Waals surface area (Å²) in [4.78, 5) is 17.3. The number of hydrogen-bond donors (Lipinski definition) is 2. The van der Waals surface area contributed by atoms with Crippen LogP contribution in [0.3, 0.4) is 0 Å². The first kappa shape index (κ1) is 21.1. The zero-order valence-electron chi connectivity index (χ0n) is 17.7. The van der Waals surface area contributed by atoms with Crippen molar-refractivity contribution in [1.82, 2.24) is 14.9 Å². The summed E-state index contributed by atoms with van der Waals surface area (Å²) in [6, 6.07) is 15.5. The monoisotopic (exact) mass is 448 g/mol. The number of furan rings is 1. The van der Waals surface area contributed by atoms with E-state index in [-0.39, 0.29) is 23.3 Å². The number of nitrogens with zero attached hydrogens (tertiary/aromatic N) is 2. The van der Waals surface area contributed by atoms with Gasteiger partial charge in [-0.1, -0.05) is 12.1 Å². The van der Waals surface area contributed by atoms with Crippen molar-refractivity contribution in [2.75, 3.05) is 18.4 Å². The third-order valence-electron chi connectivity index (χ3n) is 5.80. The Balaban J connectivity index is 1.52. The number of amides is 1. The van der Waals surface area contributed by atoms with E-state index in [1.54, 1.807) is 42.7 Å². The van der Waals surface area contributed by atoms with E-state index in [4.69, 9.17) is 4.42 Å². The molecule has 1 aliphatic rings. The van der Waals surface area contributed by atoms with Gasteiger partial charge in [0.15, 0.2) is 11.5 Å². The van der Waals surface area contributed by atoms with Crippen LogP contribution in [0.15, 0.2) is 71.4 Å². The average Bonchev–Trinajstić information content (AvgIpc) is 3.49. The van der Waals surface area contributed by atoms with Crippen molar-refractivity contribution in [1.29, 1.82) is 0 Å². The molecule has 1 aliphatic heterocycles. The van der Waals surface area contributed by atoms with Crippen LogP contribution in [-0.4, -0.2) is 28.5 Å². The summed E-state index contributed by atoms with van der Waals surface area (Å²) in [5.74, 6) is -0.897. The van der Waals surface area contributed by atoms with E-state index in [9.17, 15) is 13.6 Å². The Morgan fingerprint density at radius 2 is 1.79 bits per heavy atom. The summed E-state index contributed by atoms with van der Waals surface area (Å²) in [6.45, 7) is 1.78. The maximum absolute atomic E-state index is 13.9. The average molecular weight is 448 g/mol. The SMILES string of the molecule is O=C(Nc1ccccc1F)c1ccc(-c2c(-c3ccc(F)cc3)ncn2C2CCNCC2)o1. The first-order chi connectivity index (χ1) is 16.1. The molecule has 2 N–H and O–H groups in total. The molecule has 168 valence electrons. The Labute approximate surface area is 189 Å². The molecule has 1 fully saturated rings. The van der Waals surface area contributed by atoms with Gasteiger partial charge in [0.05, 0.1) is 17.7 Å². The van der Waals surface area contributed by atoms with Gasteiger partial charge in [0.2, 0.25) is 0 Å². The molecule has 4 aromatic rings. The first-order valence-electron chi connectivity index (χ1n) is 10.8. The van der Waals surface area contributed by atoms with E-state index in [1.807, 2.05) is 0 Å². The second-order valence-electron chi connectivity index (χ2n) is 7.93. The largest absolute Gasteiger partial charge is 0.449 e. The number of benzene rings is 2. The predicted octanol–water partition coefficient (Wildman–Crippen LogP) is 5.27. The number of hydrogen-bond acceptors (Lipinski definition) is 4. The fourth-order valence-corrected chi connectivity index (χ4v) is 4.12. The highest BCUT2D eigenvalue weighted by molar-refractivity contribution is 6.02. The predicted molar refractivity (Wildman–Crippen MR) is 121 cm³/mol. The lowest BCUT2D eigenvalue weighted by molar-refractivity contribution is 0.0997. The molecule has 8 heteroatoms. The normalized spacial score (nSPS) is 14.4. The fourth-order valence-electron chi connectivity index (χ4n) is 4.12. The number of carbonyl (C=O) groups is 1. The zero-order valence-corrected chi connectivity index (χ0v) is 17.7. The Morgan fingerprint density at radius 1 is 1.03 bits per heavy atom. The molecule has 5 rings (SSSR count). The van der Waals surface area contributed by atoms with Gasteiger partial charge < -0.3 is 19.6 Å². The fraction of sp³-hybridized carbons (Fsp3) is 0.200. The molecule has 0 spiro atoms. The van der Waals surface area contributed by atoms with E-state index in [0.717, 1.165) is 37.2 Å². The van der Waals surface area contributed by atoms with Gasteiger partial charge in [0, 0.05) is 11.6 Å². The van der Waals surface area contributed by atoms with Gasteiger partial charge in [-0.2, -0.15) is 0 Å². The van der Waals surface area contributed by atoms with Crippen LogP contribution in [0.5, 0.6) is 0 Å². The smallest absolute Gasteiger partial charge is 0.291 e. The summed E-state index contributed by atoms with van der Waals surface area (Å²) in [7, 11) is 0. The molecule has 0 saturated carbocycles. The Kier molecular flexibility index (Phi) is 5.75. The summed E-state index contributed by atoms with van der Waals surface area (Å²) in [6.07, 6.45) is 3.62. The maximum atomic E-state index is 13.9. The molecule has 1 amide bonds. The molecular weight excluding hydrogens is 426 g/mol. The number of anilines is 1. The highest BCUT2D eigenvalue weighted by Gasteiger charge is 2.25. The molecule has 3 heterocycles. The molecule has 0 unspecified atom stereocenters. The molecule has 0 aliphatic carbocycles. The second kappa shape index (κ2) is 8.99. The lowest BCUT2D eigenvalue weighted by atomic mass is 10.0. The van der Waals surface area contributed by atoms with E-state index in [2.05, 4.69) is 20.2 Å². The molecule has 0 bridgehead atoms. The van der Waals surface area contributed by atoms with E-state index in [1.165, 1.54) is 24.3 Å². The molecular formula is C25H22F2N4O2. The van der Waals surface area contributed by atoms with Crippen molar-refractivity contribution in [3.63, 3.8) is 0 Å². The molecule has 6 nitrogen and oxygen atoms in total. The lowest BCUT2D eigenvalue weighted by Crippen LogP contribution is -2.29. The van der Waals surface area contributed by atoms with Crippen molar-refractivity contribution in [3.05, 3.63) is 84.4 Å². The quantitative estimate of drug-likeness (QED) is 0.437. The summed E-state index contributed by atoms with van der Waals surface area (Å²) >= 11 is 0. The van der Waals surface area contributed by atoms with Gasteiger partial charge >= 0.3 is 0 Å². The number of piperidine rings is 1. The van der Waals surface area contributed by atoms with Gasteiger partial charge in [-0.05, 0) is 74.5 Å². The van der Waals surface area contributed by atoms with Gasteiger partial charge in [0.25, 0.3) is 5.91 Å². The number of para-hydroxylation sites is 1. The van der Waals surface area contributed by atoms with Crippen LogP contribution in [0, 0.1) is 11.6 Å². The van der Waals surface area contributed by atoms with Crippen molar-refractivity contribution in [3.8, 4) is 22.7 Å². The van der Waals surface area contributed by atoms with Crippen molar-refractivity contribution < 1.29 is 18.0 Å². The minimum absolute atomic E-state index is 0.0522. The third-order valence-corrected chi connectivity index (χ3v) is 5.80. The zero-order chi connectivity index (χ0) is 22.8. The molecule has 0 atom stereocenters. The topological polar surface area (TPSA) is 72.1 Å². The minimum atomic E-state index is -0.553. The highest BCUT2D eigenvalue weighted by atomic mass is 19.1. The maximum Gasteiger partial charge on any atom is 0.291 e. The molecule has 1 saturated heterocycles. The van der Waals surface area contributed by atoms with Crippen LogP contribution in [-0.2, 0) is 0 Å². The van der Waals surface area contributed by atoms with Crippen LogP contribution in [0.4, 0.5) is 14.5 Å². The number of halogens is 2. The van der Waals surface area contributed by atoms with Gasteiger partial charge in [-0.25, -0.2) is 13.8 Å². The molecule has 0 radical (unpaired) electrons. The van der Waals surface area contributed by atoms with E-state index in [0.29, 0.717) is 11.5 Å².